The third kappa shape index (κ3) is 2.44. The lowest BCUT2D eigenvalue weighted by atomic mass is 9.92. The number of carbonyl (C=O) groups excluding carboxylic acids is 1. The SMILES string of the molecule is O=C([C@H]1CO[C@@H]2CN(c3ncccn3)C[C@H]12)N1CCCCO1. The maximum Gasteiger partial charge on any atom is 0.252 e. The summed E-state index contributed by atoms with van der Waals surface area (Å²) < 4.78 is 5.85. The number of carbonyl (C=O) groups is 1. The minimum Gasteiger partial charge on any atom is -0.375 e. The number of amides is 1. The van der Waals surface area contributed by atoms with E-state index in [-0.39, 0.29) is 23.8 Å². The highest BCUT2D eigenvalue weighted by Crippen LogP contribution is 2.36. The van der Waals surface area contributed by atoms with Gasteiger partial charge in [-0.15, -0.1) is 0 Å². The van der Waals surface area contributed by atoms with Crippen molar-refractivity contribution in [2.24, 2.45) is 11.8 Å². The second-order valence-corrected chi connectivity index (χ2v) is 6.08. The minimum atomic E-state index is -0.114. The van der Waals surface area contributed by atoms with Crippen LogP contribution in [0, 0.1) is 11.8 Å². The summed E-state index contributed by atoms with van der Waals surface area (Å²) in [6, 6.07) is 1.80. The van der Waals surface area contributed by atoms with Crippen molar-refractivity contribution >= 4 is 11.9 Å². The van der Waals surface area contributed by atoms with Gasteiger partial charge in [0.05, 0.1) is 25.2 Å². The van der Waals surface area contributed by atoms with Crippen molar-refractivity contribution in [3.63, 3.8) is 0 Å². The molecule has 0 unspecified atom stereocenters. The Morgan fingerprint density at radius 2 is 2.09 bits per heavy atom. The Morgan fingerprint density at radius 3 is 2.86 bits per heavy atom. The van der Waals surface area contributed by atoms with Gasteiger partial charge >= 0.3 is 0 Å². The number of hydrogen-bond donors (Lipinski definition) is 0. The van der Waals surface area contributed by atoms with Crippen LogP contribution in [0.3, 0.4) is 0 Å². The number of aromatic nitrogens is 2. The highest BCUT2D eigenvalue weighted by atomic mass is 16.7. The lowest BCUT2D eigenvalue weighted by Gasteiger charge is -2.29. The Balaban J connectivity index is 1.45. The van der Waals surface area contributed by atoms with Crippen LogP contribution >= 0.6 is 0 Å². The number of nitrogens with zero attached hydrogens (tertiary/aromatic N) is 4. The minimum absolute atomic E-state index is 0.0723. The molecule has 22 heavy (non-hydrogen) atoms. The van der Waals surface area contributed by atoms with Gasteiger partial charge < -0.3 is 9.64 Å². The maximum atomic E-state index is 12.7. The Bertz CT molecular complexity index is 535. The Kier molecular flexibility index (Phi) is 3.67. The molecule has 0 spiro atoms. The molecule has 3 aliphatic heterocycles. The highest BCUT2D eigenvalue weighted by Gasteiger charge is 2.48. The van der Waals surface area contributed by atoms with Crippen LogP contribution in [0.1, 0.15) is 12.8 Å². The number of hydrogen-bond acceptors (Lipinski definition) is 6. The van der Waals surface area contributed by atoms with Gasteiger partial charge in [-0.2, -0.15) is 0 Å². The van der Waals surface area contributed by atoms with Gasteiger partial charge in [-0.1, -0.05) is 0 Å². The Hall–Kier alpha value is -1.73. The third-order valence-corrected chi connectivity index (χ3v) is 4.72. The first-order valence-electron chi connectivity index (χ1n) is 7.91. The van der Waals surface area contributed by atoms with E-state index in [2.05, 4.69) is 14.9 Å². The van der Waals surface area contributed by atoms with E-state index >= 15 is 0 Å². The maximum absolute atomic E-state index is 12.7. The van der Waals surface area contributed by atoms with Crippen LogP contribution < -0.4 is 4.90 Å². The molecule has 3 aliphatic rings. The second-order valence-electron chi connectivity index (χ2n) is 6.08. The van der Waals surface area contributed by atoms with Gasteiger partial charge in [-0.3, -0.25) is 9.63 Å². The van der Waals surface area contributed by atoms with E-state index in [9.17, 15) is 4.79 Å². The first-order valence-corrected chi connectivity index (χ1v) is 7.91. The van der Waals surface area contributed by atoms with Gasteiger partial charge in [0, 0.05) is 37.9 Å². The molecule has 4 heterocycles. The Labute approximate surface area is 129 Å². The van der Waals surface area contributed by atoms with Crippen molar-refractivity contribution in [2.75, 3.05) is 37.7 Å². The van der Waals surface area contributed by atoms with Gasteiger partial charge in [-0.25, -0.2) is 15.0 Å². The monoisotopic (exact) mass is 304 g/mol. The van der Waals surface area contributed by atoms with Crippen molar-refractivity contribution in [1.82, 2.24) is 15.0 Å². The summed E-state index contributed by atoms with van der Waals surface area (Å²) >= 11 is 0. The number of anilines is 1. The first kappa shape index (κ1) is 13.9. The Morgan fingerprint density at radius 1 is 1.23 bits per heavy atom. The van der Waals surface area contributed by atoms with Crippen LogP contribution in [0.5, 0.6) is 0 Å². The van der Waals surface area contributed by atoms with Gasteiger partial charge in [0.15, 0.2) is 0 Å². The van der Waals surface area contributed by atoms with E-state index in [1.165, 1.54) is 0 Å². The third-order valence-electron chi connectivity index (χ3n) is 4.72. The van der Waals surface area contributed by atoms with E-state index in [1.807, 2.05) is 0 Å². The fourth-order valence-electron chi connectivity index (χ4n) is 3.54. The molecule has 0 bridgehead atoms. The topological polar surface area (TPSA) is 67.8 Å². The van der Waals surface area contributed by atoms with Crippen molar-refractivity contribution in [2.45, 2.75) is 18.9 Å². The molecular weight excluding hydrogens is 284 g/mol. The normalized spacial score (nSPS) is 31.4. The molecule has 4 rings (SSSR count). The van der Waals surface area contributed by atoms with E-state index < -0.39 is 0 Å². The summed E-state index contributed by atoms with van der Waals surface area (Å²) in [5, 5.41) is 1.54. The van der Waals surface area contributed by atoms with Crippen molar-refractivity contribution < 1.29 is 14.4 Å². The van der Waals surface area contributed by atoms with Crippen molar-refractivity contribution in [3.05, 3.63) is 18.5 Å². The fourth-order valence-corrected chi connectivity index (χ4v) is 3.54. The standard InChI is InChI=1S/C15H20N4O3/c20-14(19-6-1-2-7-22-19)12-10-21-13-9-18(8-11(12)13)15-16-4-3-5-17-15/h3-5,11-13H,1-2,6-10H2/t11-,12+,13-/m1/s1. The zero-order chi connectivity index (χ0) is 14.9. The molecule has 1 aromatic heterocycles. The molecule has 0 aromatic carbocycles. The average Bonchev–Trinajstić information content (AvgIpc) is 3.16. The molecule has 0 aliphatic carbocycles. The van der Waals surface area contributed by atoms with Crippen molar-refractivity contribution in [3.8, 4) is 0 Å². The number of ether oxygens (including phenoxy) is 1. The van der Waals surface area contributed by atoms with Gasteiger partial charge in [0.25, 0.3) is 5.91 Å². The molecule has 1 aromatic rings. The van der Waals surface area contributed by atoms with E-state index in [0.29, 0.717) is 25.7 Å². The smallest absolute Gasteiger partial charge is 0.252 e. The molecule has 118 valence electrons. The molecule has 0 radical (unpaired) electrons. The quantitative estimate of drug-likeness (QED) is 0.792. The first-order chi connectivity index (χ1) is 10.8. The van der Waals surface area contributed by atoms with E-state index in [4.69, 9.17) is 9.57 Å². The zero-order valence-electron chi connectivity index (χ0n) is 12.4. The lowest BCUT2D eigenvalue weighted by Crippen LogP contribution is -2.42. The number of hydroxylamine groups is 2. The summed E-state index contributed by atoms with van der Waals surface area (Å²) in [5.41, 5.74) is 0. The van der Waals surface area contributed by atoms with Crippen LogP contribution in [0.25, 0.3) is 0 Å². The predicted molar refractivity (Wildman–Crippen MR) is 77.9 cm³/mol. The molecule has 7 nitrogen and oxygen atoms in total. The molecule has 3 atom stereocenters. The second kappa shape index (κ2) is 5.81. The molecule has 0 N–H and O–H groups in total. The molecule has 7 heteroatoms. The van der Waals surface area contributed by atoms with Crippen LogP contribution in [0.15, 0.2) is 18.5 Å². The molecular formula is C15H20N4O3. The summed E-state index contributed by atoms with van der Waals surface area (Å²) in [6.07, 6.45) is 5.60. The fraction of sp³-hybridized carbons (Fsp3) is 0.667. The summed E-state index contributed by atoms with van der Waals surface area (Å²) in [6.45, 7) is 3.34. The van der Waals surface area contributed by atoms with Crippen LogP contribution in [0.2, 0.25) is 0 Å². The molecule has 3 fully saturated rings. The van der Waals surface area contributed by atoms with Gasteiger partial charge in [0.2, 0.25) is 5.95 Å². The zero-order valence-corrected chi connectivity index (χ0v) is 12.4. The summed E-state index contributed by atoms with van der Waals surface area (Å²) in [4.78, 5) is 28.8. The largest absolute Gasteiger partial charge is 0.375 e. The molecule has 3 saturated heterocycles. The van der Waals surface area contributed by atoms with Crippen LogP contribution in [-0.4, -0.2) is 59.9 Å². The van der Waals surface area contributed by atoms with Crippen LogP contribution in [-0.2, 0) is 14.4 Å². The van der Waals surface area contributed by atoms with Crippen molar-refractivity contribution in [1.29, 1.82) is 0 Å². The summed E-state index contributed by atoms with van der Waals surface area (Å²) in [5.74, 6) is 0.864. The van der Waals surface area contributed by atoms with E-state index in [0.717, 1.165) is 25.9 Å². The highest BCUT2D eigenvalue weighted by molar-refractivity contribution is 5.79. The van der Waals surface area contributed by atoms with Gasteiger partial charge in [-0.05, 0) is 18.9 Å². The number of fused-ring (bicyclic) bond motifs is 1. The molecule has 1 amide bonds. The summed E-state index contributed by atoms with van der Waals surface area (Å²) in [7, 11) is 0. The number of rotatable bonds is 2. The van der Waals surface area contributed by atoms with E-state index in [1.54, 1.807) is 23.5 Å². The lowest BCUT2D eigenvalue weighted by molar-refractivity contribution is -0.202. The predicted octanol–water partition coefficient (Wildman–Crippen LogP) is 0.482. The van der Waals surface area contributed by atoms with Gasteiger partial charge in [0.1, 0.15) is 0 Å². The average molecular weight is 304 g/mol. The van der Waals surface area contributed by atoms with Crippen LogP contribution in [0.4, 0.5) is 5.95 Å². The molecule has 0 saturated carbocycles.